The lowest BCUT2D eigenvalue weighted by molar-refractivity contribution is 1.20. The normalized spacial score (nSPS) is 9.60. The second-order valence-electron chi connectivity index (χ2n) is 3.38. The van der Waals surface area contributed by atoms with Crippen molar-refractivity contribution in [2.75, 3.05) is 0 Å². The molecule has 72 valence electrons. The number of hydrogen-bond acceptors (Lipinski definition) is 2. The largest absolute Gasteiger partial charge is 0.262 e. The first kappa shape index (κ1) is 9.42. The highest BCUT2D eigenvalue weighted by Gasteiger charge is 1.98. The minimum Gasteiger partial charge on any atom is -0.262 e. The van der Waals surface area contributed by atoms with Gasteiger partial charge >= 0.3 is 0 Å². The van der Waals surface area contributed by atoms with E-state index < -0.39 is 0 Å². The zero-order valence-electron chi connectivity index (χ0n) is 8.44. The molecule has 0 spiro atoms. The number of hydrogen-bond donors (Lipinski definition) is 0. The quantitative estimate of drug-likeness (QED) is 0.699. The Morgan fingerprint density at radius 3 is 2.40 bits per heavy atom. The van der Waals surface area contributed by atoms with E-state index in [1.165, 1.54) is 0 Å². The van der Waals surface area contributed by atoms with Gasteiger partial charge in [-0.2, -0.15) is 5.26 Å². The van der Waals surface area contributed by atoms with E-state index >= 15 is 0 Å². The second kappa shape index (κ2) is 3.93. The fourth-order valence-corrected chi connectivity index (χ4v) is 1.46. The van der Waals surface area contributed by atoms with Gasteiger partial charge in [-0.3, -0.25) is 4.98 Å². The fraction of sp³-hybridized carbons (Fsp3) is 0.0769. The molecule has 0 fully saturated rings. The Kier molecular flexibility index (Phi) is 2.47. The molecule has 2 heteroatoms. The molecule has 1 heterocycles. The average molecular weight is 194 g/mol. The highest BCUT2D eigenvalue weighted by atomic mass is 14.6. The van der Waals surface area contributed by atoms with Gasteiger partial charge < -0.3 is 0 Å². The summed E-state index contributed by atoms with van der Waals surface area (Å²) >= 11 is 0. The fourth-order valence-electron chi connectivity index (χ4n) is 1.46. The van der Waals surface area contributed by atoms with Gasteiger partial charge in [-0.05, 0) is 42.3 Å². The molecule has 0 saturated carbocycles. The smallest absolute Gasteiger partial charge is 0.0991 e. The standard InChI is InChI=1S/C13H10N2/c1-10-8-13(6-7-15-10)12-4-2-11(9-14)3-5-12/h2-8H,1H3. The molecule has 0 unspecified atom stereocenters. The Labute approximate surface area is 88.8 Å². The van der Waals surface area contributed by atoms with Gasteiger partial charge in [-0.25, -0.2) is 0 Å². The van der Waals surface area contributed by atoms with Gasteiger partial charge in [0.15, 0.2) is 0 Å². The molecule has 1 aromatic carbocycles. The van der Waals surface area contributed by atoms with Gasteiger partial charge in [-0.1, -0.05) is 12.1 Å². The summed E-state index contributed by atoms with van der Waals surface area (Å²) in [4.78, 5) is 4.15. The maximum Gasteiger partial charge on any atom is 0.0991 e. The summed E-state index contributed by atoms with van der Waals surface area (Å²) in [6, 6.07) is 13.7. The van der Waals surface area contributed by atoms with Crippen LogP contribution in [0, 0.1) is 18.3 Å². The van der Waals surface area contributed by atoms with Gasteiger partial charge in [0.2, 0.25) is 0 Å². The van der Waals surface area contributed by atoms with E-state index in [2.05, 4.69) is 11.1 Å². The summed E-state index contributed by atoms with van der Waals surface area (Å²) in [6.07, 6.45) is 1.79. The highest BCUT2D eigenvalue weighted by Crippen LogP contribution is 2.19. The van der Waals surface area contributed by atoms with Gasteiger partial charge in [0, 0.05) is 11.9 Å². The van der Waals surface area contributed by atoms with E-state index in [1.807, 2.05) is 43.3 Å². The van der Waals surface area contributed by atoms with Crippen LogP contribution in [0.4, 0.5) is 0 Å². The predicted molar refractivity (Wildman–Crippen MR) is 59.1 cm³/mol. The molecule has 15 heavy (non-hydrogen) atoms. The zero-order chi connectivity index (χ0) is 10.7. The van der Waals surface area contributed by atoms with E-state index in [-0.39, 0.29) is 0 Å². The van der Waals surface area contributed by atoms with E-state index in [9.17, 15) is 0 Å². The SMILES string of the molecule is Cc1cc(-c2ccc(C#N)cc2)ccn1. The monoisotopic (exact) mass is 194 g/mol. The molecular formula is C13H10N2. The topological polar surface area (TPSA) is 36.7 Å². The summed E-state index contributed by atoms with van der Waals surface area (Å²) < 4.78 is 0. The minimum absolute atomic E-state index is 0.685. The molecule has 2 nitrogen and oxygen atoms in total. The number of aromatic nitrogens is 1. The van der Waals surface area contributed by atoms with Crippen molar-refractivity contribution >= 4 is 0 Å². The third kappa shape index (κ3) is 2.03. The molecule has 0 aliphatic heterocycles. The first-order chi connectivity index (χ1) is 7.29. The van der Waals surface area contributed by atoms with E-state index in [0.29, 0.717) is 5.56 Å². The van der Waals surface area contributed by atoms with E-state index in [0.717, 1.165) is 16.8 Å². The first-order valence-corrected chi connectivity index (χ1v) is 4.73. The lowest BCUT2D eigenvalue weighted by Gasteiger charge is -2.01. The number of nitrogens with zero attached hydrogens (tertiary/aromatic N) is 2. The first-order valence-electron chi connectivity index (χ1n) is 4.73. The molecule has 0 N–H and O–H groups in total. The lowest BCUT2D eigenvalue weighted by atomic mass is 10.0. The molecule has 0 bridgehead atoms. The van der Waals surface area contributed by atoms with Crippen molar-refractivity contribution in [3.63, 3.8) is 0 Å². The Hall–Kier alpha value is -2.14. The van der Waals surface area contributed by atoms with Crippen LogP contribution in [0.5, 0.6) is 0 Å². The molecule has 0 saturated heterocycles. The van der Waals surface area contributed by atoms with Gasteiger partial charge in [0.1, 0.15) is 0 Å². The third-order valence-electron chi connectivity index (χ3n) is 2.24. The Balaban J connectivity index is 2.42. The van der Waals surface area contributed by atoms with Crippen LogP contribution < -0.4 is 0 Å². The van der Waals surface area contributed by atoms with Crippen molar-refractivity contribution in [2.45, 2.75) is 6.92 Å². The maximum atomic E-state index is 8.68. The van der Waals surface area contributed by atoms with Crippen LogP contribution in [0.15, 0.2) is 42.6 Å². The van der Waals surface area contributed by atoms with Crippen LogP contribution in [0.25, 0.3) is 11.1 Å². The Morgan fingerprint density at radius 2 is 1.80 bits per heavy atom. The molecular weight excluding hydrogens is 184 g/mol. The summed E-state index contributed by atoms with van der Waals surface area (Å²) in [7, 11) is 0. The predicted octanol–water partition coefficient (Wildman–Crippen LogP) is 2.93. The molecule has 1 aromatic heterocycles. The second-order valence-corrected chi connectivity index (χ2v) is 3.38. The molecule has 0 radical (unpaired) electrons. The van der Waals surface area contributed by atoms with Crippen LogP contribution >= 0.6 is 0 Å². The molecule has 2 rings (SSSR count). The van der Waals surface area contributed by atoms with Crippen LogP contribution in [-0.2, 0) is 0 Å². The molecule has 0 aliphatic carbocycles. The van der Waals surface area contributed by atoms with Crippen LogP contribution in [0.3, 0.4) is 0 Å². The van der Waals surface area contributed by atoms with Crippen LogP contribution in [0.1, 0.15) is 11.3 Å². The van der Waals surface area contributed by atoms with Crippen molar-refractivity contribution < 1.29 is 0 Å². The summed E-state index contributed by atoms with van der Waals surface area (Å²) in [5.41, 5.74) is 3.92. The van der Waals surface area contributed by atoms with Crippen molar-refractivity contribution in [1.29, 1.82) is 5.26 Å². The summed E-state index contributed by atoms with van der Waals surface area (Å²) in [6.45, 7) is 1.97. The van der Waals surface area contributed by atoms with E-state index in [1.54, 1.807) is 6.20 Å². The van der Waals surface area contributed by atoms with Crippen molar-refractivity contribution in [1.82, 2.24) is 4.98 Å². The van der Waals surface area contributed by atoms with Gasteiger partial charge in [-0.15, -0.1) is 0 Å². The van der Waals surface area contributed by atoms with Crippen LogP contribution in [-0.4, -0.2) is 4.98 Å². The zero-order valence-corrected chi connectivity index (χ0v) is 8.44. The average Bonchev–Trinajstić information content (AvgIpc) is 2.29. The number of benzene rings is 1. The molecule has 0 aliphatic rings. The Bertz CT molecular complexity index is 507. The summed E-state index contributed by atoms with van der Waals surface area (Å²) in [5, 5.41) is 8.68. The maximum absolute atomic E-state index is 8.68. The van der Waals surface area contributed by atoms with Crippen molar-refractivity contribution in [3.8, 4) is 17.2 Å². The third-order valence-corrected chi connectivity index (χ3v) is 2.24. The lowest BCUT2D eigenvalue weighted by Crippen LogP contribution is -1.83. The number of pyridine rings is 1. The minimum atomic E-state index is 0.685. The van der Waals surface area contributed by atoms with E-state index in [4.69, 9.17) is 5.26 Å². The van der Waals surface area contributed by atoms with Crippen LogP contribution in [0.2, 0.25) is 0 Å². The summed E-state index contributed by atoms with van der Waals surface area (Å²) in [5.74, 6) is 0. The van der Waals surface area contributed by atoms with Gasteiger partial charge in [0.05, 0.1) is 11.6 Å². The number of nitriles is 1. The number of aryl methyl sites for hydroxylation is 1. The van der Waals surface area contributed by atoms with Crippen molar-refractivity contribution in [3.05, 3.63) is 53.9 Å². The van der Waals surface area contributed by atoms with Gasteiger partial charge in [0.25, 0.3) is 0 Å². The Morgan fingerprint density at radius 1 is 1.07 bits per heavy atom. The molecule has 0 amide bonds. The molecule has 0 atom stereocenters. The number of rotatable bonds is 1. The highest BCUT2D eigenvalue weighted by molar-refractivity contribution is 5.64. The van der Waals surface area contributed by atoms with Crippen molar-refractivity contribution in [2.24, 2.45) is 0 Å². The molecule has 2 aromatic rings.